The van der Waals surface area contributed by atoms with Gasteiger partial charge < -0.3 is 20.3 Å². The first-order chi connectivity index (χ1) is 17.6. The maximum absolute atomic E-state index is 12.8. The number of ether oxygens (including phenoxy) is 1. The molecule has 4 aromatic carbocycles. The van der Waals surface area contributed by atoms with Gasteiger partial charge in [0, 0.05) is 6.54 Å². The van der Waals surface area contributed by atoms with Crippen molar-refractivity contribution in [3.63, 3.8) is 0 Å². The van der Waals surface area contributed by atoms with Gasteiger partial charge in [-0.3, -0.25) is 4.79 Å². The van der Waals surface area contributed by atoms with Crippen molar-refractivity contribution in [2.75, 3.05) is 0 Å². The monoisotopic (exact) mass is 477 g/mol. The number of benzene rings is 4. The van der Waals surface area contributed by atoms with Gasteiger partial charge in [0.05, 0.1) is 5.56 Å². The first-order valence-corrected chi connectivity index (χ1v) is 11.4. The number of carbonyl (C=O) groups is 1. The number of aromatic nitrogens is 2. The van der Waals surface area contributed by atoms with Crippen molar-refractivity contribution in [1.82, 2.24) is 15.3 Å². The average Bonchev–Trinajstić information content (AvgIpc) is 2.92. The van der Waals surface area contributed by atoms with E-state index in [9.17, 15) is 15.0 Å². The first kappa shape index (κ1) is 22.9. The third-order valence-electron chi connectivity index (χ3n) is 5.77. The Morgan fingerprint density at radius 1 is 0.806 bits per heavy atom. The molecule has 5 aromatic rings. The summed E-state index contributed by atoms with van der Waals surface area (Å²) in [6, 6.07) is 30.5. The van der Waals surface area contributed by atoms with Gasteiger partial charge in [0.1, 0.15) is 12.4 Å². The second-order valence-electron chi connectivity index (χ2n) is 8.16. The lowest BCUT2D eigenvalue weighted by Crippen LogP contribution is -2.24. The number of hydrogen-bond donors (Lipinski definition) is 3. The van der Waals surface area contributed by atoms with Crippen LogP contribution in [0.25, 0.3) is 22.2 Å². The average molecular weight is 478 g/mol. The maximum atomic E-state index is 12.8. The Balaban J connectivity index is 1.42. The zero-order valence-electron chi connectivity index (χ0n) is 19.3. The summed E-state index contributed by atoms with van der Waals surface area (Å²) >= 11 is 0. The second kappa shape index (κ2) is 10.1. The number of carbonyl (C=O) groups excluding carboxylic acids is 1. The molecule has 7 heteroatoms. The molecule has 1 heterocycles. The molecule has 0 aliphatic heterocycles. The van der Waals surface area contributed by atoms with Crippen LogP contribution in [0.2, 0.25) is 0 Å². The molecule has 0 aliphatic rings. The lowest BCUT2D eigenvalue weighted by atomic mass is 10.1. The Hall–Kier alpha value is -4.91. The fourth-order valence-corrected chi connectivity index (χ4v) is 3.93. The molecule has 5 rings (SSSR count). The van der Waals surface area contributed by atoms with E-state index in [1.54, 1.807) is 18.2 Å². The molecule has 0 aliphatic carbocycles. The van der Waals surface area contributed by atoms with E-state index in [0.717, 1.165) is 21.9 Å². The van der Waals surface area contributed by atoms with Crippen LogP contribution in [0.1, 0.15) is 21.6 Å². The summed E-state index contributed by atoms with van der Waals surface area (Å²) in [6.45, 7) is 0.538. The van der Waals surface area contributed by atoms with Crippen molar-refractivity contribution in [3.05, 3.63) is 114 Å². The number of aromatic hydroxyl groups is 2. The van der Waals surface area contributed by atoms with Crippen molar-refractivity contribution >= 4 is 16.7 Å². The number of amides is 1. The molecule has 3 N–H and O–H groups in total. The van der Waals surface area contributed by atoms with Gasteiger partial charge in [-0.25, -0.2) is 4.98 Å². The van der Waals surface area contributed by atoms with Crippen molar-refractivity contribution in [3.8, 4) is 28.8 Å². The van der Waals surface area contributed by atoms with E-state index in [-0.39, 0.29) is 18.1 Å². The van der Waals surface area contributed by atoms with Crippen molar-refractivity contribution in [2.24, 2.45) is 0 Å². The molecule has 0 bridgehead atoms. The van der Waals surface area contributed by atoms with E-state index in [4.69, 9.17) is 4.74 Å². The summed E-state index contributed by atoms with van der Waals surface area (Å²) < 4.78 is 6.14. The molecule has 0 radical (unpaired) electrons. The molecular formula is C29H23N3O4. The summed E-state index contributed by atoms with van der Waals surface area (Å²) in [5, 5.41) is 25.5. The molecule has 0 saturated carbocycles. The number of rotatable bonds is 7. The Labute approximate surface area is 207 Å². The normalized spacial score (nSPS) is 10.8. The number of para-hydroxylation sites is 1. The number of nitrogens with one attached hydrogen (secondary N) is 1. The van der Waals surface area contributed by atoms with Crippen LogP contribution in [-0.2, 0) is 13.2 Å². The minimum absolute atomic E-state index is 0.0590. The lowest BCUT2D eigenvalue weighted by Gasteiger charge is -2.13. The fourth-order valence-electron chi connectivity index (χ4n) is 3.93. The van der Waals surface area contributed by atoms with Gasteiger partial charge in [0.25, 0.3) is 11.8 Å². The van der Waals surface area contributed by atoms with Crippen LogP contribution in [0.15, 0.2) is 97.1 Å². The van der Waals surface area contributed by atoms with Crippen LogP contribution in [0.3, 0.4) is 0 Å². The molecular weight excluding hydrogens is 454 g/mol. The molecule has 0 saturated heterocycles. The van der Waals surface area contributed by atoms with E-state index in [2.05, 4.69) is 15.3 Å². The van der Waals surface area contributed by atoms with E-state index < -0.39 is 17.5 Å². The Kier molecular flexibility index (Phi) is 6.44. The lowest BCUT2D eigenvalue weighted by molar-refractivity contribution is 0.0942. The van der Waals surface area contributed by atoms with E-state index in [1.807, 2.05) is 78.9 Å². The van der Waals surface area contributed by atoms with Crippen LogP contribution in [0, 0.1) is 0 Å². The molecule has 7 nitrogen and oxygen atoms in total. The van der Waals surface area contributed by atoms with E-state index >= 15 is 0 Å². The molecule has 178 valence electrons. The van der Waals surface area contributed by atoms with Crippen LogP contribution in [0.5, 0.6) is 17.4 Å². The number of hydrogen-bond acceptors (Lipinski definition) is 6. The Morgan fingerprint density at radius 2 is 1.53 bits per heavy atom. The third kappa shape index (κ3) is 4.81. The van der Waals surface area contributed by atoms with Crippen LogP contribution in [0.4, 0.5) is 0 Å². The number of nitrogens with zero attached hydrogens (tertiary/aromatic N) is 2. The maximum Gasteiger partial charge on any atom is 0.274 e. The summed E-state index contributed by atoms with van der Waals surface area (Å²) in [5.41, 5.74) is 2.05. The molecule has 0 unspecified atom stereocenters. The van der Waals surface area contributed by atoms with Gasteiger partial charge in [0.15, 0.2) is 11.5 Å². The number of fused-ring (bicyclic) bond motifs is 1. The fraction of sp³-hybridized carbons (Fsp3) is 0.0690. The highest BCUT2D eigenvalue weighted by molar-refractivity contribution is 5.96. The standard InChI is InChI=1S/C29H23N3O4/c33-26-25(28(34)30-17-19-9-2-1-3-10-19)31-27(32-29(26)35)23-15-6-7-16-24(23)36-18-21-13-8-12-20-11-4-5-14-22(20)21/h1-16,33H,17-18H2,(H,30,34)(H,31,32,35). The SMILES string of the molecule is O=C(NCc1ccccc1)c1nc(-c2ccccc2OCc2cccc3ccccc23)nc(O)c1O. The first-order valence-electron chi connectivity index (χ1n) is 11.4. The predicted molar refractivity (Wildman–Crippen MR) is 137 cm³/mol. The van der Waals surface area contributed by atoms with Gasteiger partial charge in [-0.05, 0) is 34.0 Å². The molecule has 0 fully saturated rings. The minimum Gasteiger partial charge on any atom is -0.501 e. The zero-order valence-corrected chi connectivity index (χ0v) is 19.3. The summed E-state index contributed by atoms with van der Waals surface area (Å²) in [6.07, 6.45) is 0. The van der Waals surface area contributed by atoms with Gasteiger partial charge in [0.2, 0.25) is 5.75 Å². The molecule has 1 aromatic heterocycles. The highest BCUT2D eigenvalue weighted by Gasteiger charge is 2.21. The van der Waals surface area contributed by atoms with Crippen LogP contribution >= 0.6 is 0 Å². The Bertz CT molecular complexity index is 1530. The highest BCUT2D eigenvalue weighted by Crippen LogP contribution is 2.33. The third-order valence-corrected chi connectivity index (χ3v) is 5.77. The van der Waals surface area contributed by atoms with Gasteiger partial charge in [-0.2, -0.15) is 4.98 Å². The topological polar surface area (TPSA) is 105 Å². The second-order valence-corrected chi connectivity index (χ2v) is 8.16. The van der Waals surface area contributed by atoms with Crippen LogP contribution < -0.4 is 10.1 Å². The smallest absolute Gasteiger partial charge is 0.274 e. The van der Waals surface area contributed by atoms with Crippen molar-refractivity contribution in [1.29, 1.82) is 0 Å². The highest BCUT2D eigenvalue weighted by atomic mass is 16.5. The summed E-state index contributed by atoms with van der Waals surface area (Å²) in [7, 11) is 0. The minimum atomic E-state index is -0.686. The largest absolute Gasteiger partial charge is 0.501 e. The molecule has 0 atom stereocenters. The van der Waals surface area contributed by atoms with Crippen molar-refractivity contribution < 1.29 is 19.7 Å². The molecule has 0 spiro atoms. The predicted octanol–water partition coefficient (Wildman–Crippen LogP) is 5.22. The molecule has 1 amide bonds. The van der Waals surface area contributed by atoms with Gasteiger partial charge in [-0.1, -0.05) is 84.9 Å². The summed E-state index contributed by atoms with van der Waals surface area (Å²) in [4.78, 5) is 21.1. The van der Waals surface area contributed by atoms with Crippen LogP contribution in [-0.4, -0.2) is 26.1 Å². The quantitative estimate of drug-likeness (QED) is 0.297. The van der Waals surface area contributed by atoms with E-state index in [1.165, 1.54) is 0 Å². The van der Waals surface area contributed by atoms with Crippen molar-refractivity contribution in [2.45, 2.75) is 13.2 Å². The van der Waals surface area contributed by atoms with E-state index in [0.29, 0.717) is 17.9 Å². The Morgan fingerprint density at radius 3 is 2.39 bits per heavy atom. The molecule has 36 heavy (non-hydrogen) atoms. The zero-order chi connectivity index (χ0) is 24.9. The summed E-state index contributed by atoms with van der Waals surface area (Å²) in [5.74, 6) is -1.47. The van der Waals surface area contributed by atoms with Gasteiger partial charge in [-0.15, -0.1) is 0 Å². The van der Waals surface area contributed by atoms with Gasteiger partial charge >= 0.3 is 0 Å².